The molecule has 0 saturated heterocycles. The van der Waals surface area contributed by atoms with E-state index in [-0.39, 0.29) is 5.97 Å². The summed E-state index contributed by atoms with van der Waals surface area (Å²) in [5.74, 6) is 0.454. The summed E-state index contributed by atoms with van der Waals surface area (Å²) in [6, 6.07) is 19.6. The quantitative estimate of drug-likeness (QED) is 0.656. The predicted molar refractivity (Wildman–Crippen MR) is 91.9 cm³/mol. The SMILES string of the molecule is CCOC(=O)c1cc2cc(OC)ccc2cc1-c1ccccc1. The maximum absolute atomic E-state index is 12.4. The van der Waals surface area contributed by atoms with Gasteiger partial charge in [0.15, 0.2) is 0 Å². The van der Waals surface area contributed by atoms with E-state index in [1.807, 2.05) is 67.6 Å². The zero-order chi connectivity index (χ0) is 16.2. The number of ether oxygens (including phenoxy) is 2. The van der Waals surface area contributed by atoms with E-state index < -0.39 is 0 Å². The van der Waals surface area contributed by atoms with E-state index in [1.165, 1.54) is 0 Å². The normalized spacial score (nSPS) is 10.5. The van der Waals surface area contributed by atoms with Crippen molar-refractivity contribution in [3.8, 4) is 16.9 Å². The third kappa shape index (κ3) is 3.04. The second-order valence-corrected chi connectivity index (χ2v) is 5.20. The van der Waals surface area contributed by atoms with Crippen molar-refractivity contribution in [1.82, 2.24) is 0 Å². The molecule has 0 radical (unpaired) electrons. The van der Waals surface area contributed by atoms with Gasteiger partial charge in [-0.1, -0.05) is 36.4 Å². The first-order valence-corrected chi connectivity index (χ1v) is 7.57. The first-order chi connectivity index (χ1) is 11.2. The maximum Gasteiger partial charge on any atom is 0.338 e. The van der Waals surface area contributed by atoms with Crippen LogP contribution in [0, 0.1) is 0 Å². The molecule has 0 atom stereocenters. The number of fused-ring (bicyclic) bond motifs is 1. The highest BCUT2D eigenvalue weighted by Gasteiger charge is 2.15. The van der Waals surface area contributed by atoms with Crippen LogP contribution in [-0.4, -0.2) is 19.7 Å². The summed E-state index contributed by atoms with van der Waals surface area (Å²) in [7, 11) is 1.63. The third-order valence-corrected chi connectivity index (χ3v) is 3.76. The van der Waals surface area contributed by atoms with Gasteiger partial charge in [-0.05, 0) is 53.1 Å². The van der Waals surface area contributed by atoms with E-state index in [2.05, 4.69) is 0 Å². The molecule has 0 spiro atoms. The van der Waals surface area contributed by atoms with Crippen molar-refractivity contribution < 1.29 is 14.3 Å². The van der Waals surface area contributed by atoms with Crippen LogP contribution in [-0.2, 0) is 4.74 Å². The molecule has 0 aromatic heterocycles. The van der Waals surface area contributed by atoms with Crippen LogP contribution in [0.2, 0.25) is 0 Å². The molecule has 0 bridgehead atoms. The summed E-state index contributed by atoms with van der Waals surface area (Å²) < 4.78 is 10.5. The lowest BCUT2D eigenvalue weighted by Gasteiger charge is -2.12. The Kier molecular flexibility index (Phi) is 4.29. The van der Waals surface area contributed by atoms with Gasteiger partial charge in [0.05, 0.1) is 19.3 Å². The zero-order valence-electron chi connectivity index (χ0n) is 13.2. The van der Waals surface area contributed by atoms with Gasteiger partial charge < -0.3 is 9.47 Å². The number of rotatable bonds is 4. The maximum atomic E-state index is 12.4. The number of benzene rings is 3. The lowest BCUT2D eigenvalue weighted by molar-refractivity contribution is 0.0527. The fraction of sp³-hybridized carbons (Fsp3) is 0.150. The fourth-order valence-electron chi connectivity index (χ4n) is 2.64. The summed E-state index contributed by atoms with van der Waals surface area (Å²) in [6.45, 7) is 2.16. The average molecular weight is 306 g/mol. The predicted octanol–water partition coefficient (Wildman–Crippen LogP) is 4.69. The highest BCUT2D eigenvalue weighted by atomic mass is 16.5. The van der Waals surface area contributed by atoms with E-state index >= 15 is 0 Å². The van der Waals surface area contributed by atoms with Crippen LogP contribution in [0.5, 0.6) is 5.75 Å². The number of methoxy groups -OCH3 is 1. The largest absolute Gasteiger partial charge is 0.497 e. The van der Waals surface area contributed by atoms with E-state index in [0.717, 1.165) is 27.6 Å². The van der Waals surface area contributed by atoms with Gasteiger partial charge in [0, 0.05) is 0 Å². The molecule has 3 rings (SSSR count). The Morgan fingerprint density at radius 3 is 2.43 bits per heavy atom. The number of hydrogen-bond donors (Lipinski definition) is 0. The minimum absolute atomic E-state index is 0.309. The molecule has 0 aliphatic heterocycles. The fourth-order valence-corrected chi connectivity index (χ4v) is 2.64. The van der Waals surface area contributed by atoms with Gasteiger partial charge in [0.2, 0.25) is 0 Å². The number of esters is 1. The summed E-state index contributed by atoms with van der Waals surface area (Å²) in [4.78, 5) is 12.4. The van der Waals surface area contributed by atoms with E-state index in [4.69, 9.17) is 9.47 Å². The summed E-state index contributed by atoms with van der Waals surface area (Å²) >= 11 is 0. The van der Waals surface area contributed by atoms with Gasteiger partial charge in [-0.3, -0.25) is 0 Å². The number of carbonyl (C=O) groups is 1. The lowest BCUT2D eigenvalue weighted by Crippen LogP contribution is -2.06. The molecule has 0 fully saturated rings. The molecule has 0 unspecified atom stereocenters. The molecule has 0 aliphatic rings. The monoisotopic (exact) mass is 306 g/mol. The van der Waals surface area contributed by atoms with Crippen molar-refractivity contribution in [2.24, 2.45) is 0 Å². The van der Waals surface area contributed by atoms with Crippen LogP contribution < -0.4 is 4.74 Å². The van der Waals surface area contributed by atoms with Crippen LogP contribution in [0.1, 0.15) is 17.3 Å². The minimum Gasteiger partial charge on any atom is -0.497 e. The third-order valence-electron chi connectivity index (χ3n) is 3.76. The molecule has 3 nitrogen and oxygen atoms in total. The molecular formula is C20H18O3. The topological polar surface area (TPSA) is 35.5 Å². The van der Waals surface area contributed by atoms with Crippen LogP contribution in [0.25, 0.3) is 21.9 Å². The molecule has 3 heteroatoms. The van der Waals surface area contributed by atoms with Crippen molar-refractivity contribution in [2.45, 2.75) is 6.92 Å². The molecule has 0 amide bonds. The Morgan fingerprint density at radius 2 is 1.74 bits per heavy atom. The van der Waals surface area contributed by atoms with Crippen molar-refractivity contribution in [1.29, 1.82) is 0 Å². The molecular weight excluding hydrogens is 288 g/mol. The van der Waals surface area contributed by atoms with Gasteiger partial charge in [-0.15, -0.1) is 0 Å². The molecule has 116 valence electrons. The van der Waals surface area contributed by atoms with E-state index in [0.29, 0.717) is 12.2 Å². The first kappa shape index (κ1) is 15.1. The van der Waals surface area contributed by atoms with Gasteiger partial charge in [0.1, 0.15) is 5.75 Å². The molecule has 0 N–H and O–H groups in total. The second kappa shape index (κ2) is 6.53. The molecule has 23 heavy (non-hydrogen) atoms. The summed E-state index contributed by atoms with van der Waals surface area (Å²) in [6.07, 6.45) is 0. The van der Waals surface area contributed by atoms with Gasteiger partial charge in [0.25, 0.3) is 0 Å². The van der Waals surface area contributed by atoms with Crippen LogP contribution in [0.15, 0.2) is 60.7 Å². The number of hydrogen-bond acceptors (Lipinski definition) is 3. The Balaban J connectivity index is 2.23. The van der Waals surface area contributed by atoms with Crippen molar-refractivity contribution in [2.75, 3.05) is 13.7 Å². The average Bonchev–Trinajstić information content (AvgIpc) is 2.61. The molecule has 0 heterocycles. The van der Waals surface area contributed by atoms with Crippen molar-refractivity contribution in [3.05, 3.63) is 66.2 Å². The minimum atomic E-state index is -0.309. The van der Waals surface area contributed by atoms with E-state index in [9.17, 15) is 4.79 Å². The van der Waals surface area contributed by atoms with Crippen LogP contribution >= 0.6 is 0 Å². The second-order valence-electron chi connectivity index (χ2n) is 5.20. The zero-order valence-corrected chi connectivity index (χ0v) is 13.2. The molecule has 3 aromatic carbocycles. The standard InChI is InChI=1S/C20H18O3/c1-3-23-20(21)19-13-16-11-17(22-2)10-9-15(16)12-18(19)14-7-5-4-6-8-14/h4-13H,3H2,1-2H3. The number of carbonyl (C=O) groups excluding carboxylic acids is 1. The van der Waals surface area contributed by atoms with Gasteiger partial charge in [-0.2, -0.15) is 0 Å². The van der Waals surface area contributed by atoms with Crippen LogP contribution in [0.4, 0.5) is 0 Å². The van der Waals surface area contributed by atoms with Crippen LogP contribution in [0.3, 0.4) is 0 Å². The van der Waals surface area contributed by atoms with E-state index in [1.54, 1.807) is 7.11 Å². The lowest BCUT2D eigenvalue weighted by atomic mass is 9.95. The van der Waals surface area contributed by atoms with Crippen molar-refractivity contribution in [3.63, 3.8) is 0 Å². The molecule has 0 saturated carbocycles. The Labute approximate surface area is 135 Å². The van der Waals surface area contributed by atoms with Gasteiger partial charge >= 0.3 is 5.97 Å². The summed E-state index contributed by atoms with van der Waals surface area (Å²) in [5.41, 5.74) is 2.44. The Morgan fingerprint density at radius 1 is 0.957 bits per heavy atom. The molecule has 0 aliphatic carbocycles. The first-order valence-electron chi connectivity index (χ1n) is 7.57. The summed E-state index contributed by atoms with van der Waals surface area (Å²) in [5, 5.41) is 2.00. The Hall–Kier alpha value is -2.81. The molecule has 3 aromatic rings. The highest BCUT2D eigenvalue weighted by molar-refractivity contribution is 6.03. The van der Waals surface area contributed by atoms with Gasteiger partial charge in [-0.25, -0.2) is 4.79 Å². The smallest absolute Gasteiger partial charge is 0.338 e. The van der Waals surface area contributed by atoms with Crippen molar-refractivity contribution >= 4 is 16.7 Å². The highest BCUT2D eigenvalue weighted by Crippen LogP contribution is 2.31. The Bertz CT molecular complexity index is 838.